The van der Waals surface area contributed by atoms with Crippen LogP contribution in [0.1, 0.15) is 29.8 Å². The number of nitrogens with zero attached hydrogens (tertiary/aromatic N) is 1. The zero-order valence-corrected chi connectivity index (χ0v) is 13.0. The fraction of sp³-hybridized carbons (Fsp3) is 0.667. The van der Waals surface area contributed by atoms with E-state index < -0.39 is 15.9 Å². The lowest BCUT2D eigenvalue weighted by Gasteiger charge is -2.09. The molecule has 112 valence electrons. The fourth-order valence-corrected chi connectivity index (χ4v) is 3.81. The van der Waals surface area contributed by atoms with E-state index in [0.29, 0.717) is 5.13 Å². The molecule has 1 unspecified atom stereocenters. The van der Waals surface area contributed by atoms with E-state index in [1.165, 1.54) is 16.2 Å². The van der Waals surface area contributed by atoms with Crippen molar-refractivity contribution in [2.24, 2.45) is 5.73 Å². The number of rotatable bonds is 5. The average Bonchev–Trinajstić information content (AvgIpc) is 2.76. The Morgan fingerprint density at radius 1 is 1.45 bits per heavy atom. The topological polar surface area (TPSA) is 102 Å². The van der Waals surface area contributed by atoms with E-state index in [4.69, 9.17) is 5.73 Å². The molecule has 0 aliphatic heterocycles. The molecular formula is C12H19N3O3S2. The van der Waals surface area contributed by atoms with Crippen molar-refractivity contribution < 1.29 is 13.2 Å². The average molecular weight is 317 g/mol. The van der Waals surface area contributed by atoms with E-state index in [0.717, 1.165) is 37.6 Å². The number of sulfone groups is 1. The van der Waals surface area contributed by atoms with Crippen LogP contribution in [-0.4, -0.2) is 37.4 Å². The number of anilines is 1. The summed E-state index contributed by atoms with van der Waals surface area (Å²) in [6, 6.07) is -0.828. The standard InChI is InChI=1S/C12H19N3O3S2/c1-20(17,18)7-6-8(13)11(16)15-12-14-9-4-2-3-5-10(9)19-12/h8H,2-7,13H2,1H3,(H,14,15,16). The predicted octanol–water partition coefficient (Wildman–Crippen LogP) is 0.722. The Bertz CT molecular complexity index is 572. The van der Waals surface area contributed by atoms with E-state index >= 15 is 0 Å². The molecule has 1 heterocycles. The van der Waals surface area contributed by atoms with Gasteiger partial charge in [-0.25, -0.2) is 13.4 Å². The van der Waals surface area contributed by atoms with Crippen molar-refractivity contribution in [3.8, 4) is 0 Å². The highest BCUT2D eigenvalue weighted by Gasteiger charge is 2.20. The summed E-state index contributed by atoms with van der Waals surface area (Å²) >= 11 is 1.49. The third kappa shape index (κ3) is 4.26. The molecule has 1 aliphatic rings. The lowest BCUT2D eigenvalue weighted by molar-refractivity contribution is -0.117. The molecule has 6 nitrogen and oxygen atoms in total. The zero-order chi connectivity index (χ0) is 14.8. The van der Waals surface area contributed by atoms with Gasteiger partial charge in [-0.1, -0.05) is 0 Å². The molecule has 2 rings (SSSR count). The molecule has 0 fully saturated rings. The minimum atomic E-state index is -3.10. The summed E-state index contributed by atoms with van der Waals surface area (Å²) in [7, 11) is -3.10. The van der Waals surface area contributed by atoms with Gasteiger partial charge < -0.3 is 11.1 Å². The van der Waals surface area contributed by atoms with Crippen LogP contribution < -0.4 is 11.1 Å². The first-order valence-corrected chi connectivity index (χ1v) is 9.45. The highest BCUT2D eigenvalue weighted by atomic mass is 32.2. The molecule has 1 amide bonds. The van der Waals surface area contributed by atoms with Crippen molar-refractivity contribution in [3.63, 3.8) is 0 Å². The number of nitrogens with one attached hydrogen (secondary N) is 1. The summed E-state index contributed by atoms with van der Waals surface area (Å²) in [5.74, 6) is -0.463. The molecule has 0 aromatic carbocycles. The van der Waals surface area contributed by atoms with E-state index in [1.807, 2.05) is 0 Å². The van der Waals surface area contributed by atoms with Gasteiger partial charge in [-0.2, -0.15) is 0 Å². The van der Waals surface area contributed by atoms with Crippen LogP contribution in [0.25, 0.3) is 0 Å². The SMILES string of the molecule is CS(=O)(=O)CCC(N)C(=O)Nc1nc2c(s1)CCCC2. The number of aromatic nitrogens is 1. The van der Waals surface area contributed by atoms with Gasteiger partial charge in [0.05, 0.1) is 17.5 Å². The molecular weight excluding hydrogens is 298 g/mol. The molecule has 20 heavy (non-hydrogen) atoms. The Labute approximate surface area is 122 Å². The largest absolute Gasteiger partial charge is 0.320 e. The maximum atomic E-state index is 11.9. The van der Waals surface area contributed by atoms with Gasteiger partial charge in [0.1, 0.15) is 9.84 Å². The van der Waals surface area contributed by atoms with Crippen molar-refractivity contribution in [1.29, 1.82) is 0 Å². The molecule has 1 atom stereocenters. The van der Waals surface area contributed by atoms with Crippen LogP contribution in [-0.2, 0) is 27.5 Å². The van der Waals surface area contributed by atoms with Crippen molar-refractivity contribution >= 4 is 32.2 Å². The number of nitrogens with two attached hydrogens (primary N) is 1. The second kappa shape index (κ2) is 6.19. The smallest absolute Gasteiger partial charge is 0.243 e. The first-order valence-electron chi connectivity index (χ1n) is 6.58. The van der Waals surface area contributed by atoms with Crippen molar-refractivity contribution in [3.05, 3.63) is 10.6 Å². The molecule has 0 spiro atoms. The van der Waals surface area contributed by atoms with Crippen LogP contribution in [0.2, 0.25) is 0 Å². The molecule has 1 aromatic rings. The number of amides is 1. The number of carbonyl (C=O) groups is 1. The molecule has 0 saturated heterocycles. The third-order valence-corrected chi connectivity index (χ3v) is 5.26. The van der Waals surface area contributed by atoms with E-state index in [9.17, 15) is 13.2 Å². The highest BCUT2D eigenvalue weighted by Crippen LogP contribution is 2.29. The summed E-state index contributed by atoms with van der Waals surface area (Å²) in [6.07, 6.45) is 5.53. The normalized spacial score (nSPS) is 16.5. The van der Waals surface area contributed by atoms with Crippen molar-refractivity contribution in [2.45, 2.75) is 38.1 Å². The number of aryl methyl sites for hydroxylation is 2. The number of carbonyl (C=O) groups excluding carboxylic acids is 1. The number of hydrogen-bond acceptors (Lipinski definition) is 6. The van der Waals surface area contributed by atoms with Gasteiger partial charge in [-0.15, -0.1) is 11.3 Å². The first-order chi connectivity index (χ1) is 9.35. The maximum Gasteiger partial charge on any atom is 0.243 e. The summed E-state index contributed by atoms with van der Waals surface area (Å²) in [6.45, 7) is 0. The van der Waals surface area contributed by atoms with Gasteiger partial charge in [0.25, 0.3) is 0 Å². The van der Waals surface area contributed by atoms with Crippen LogP contribution in [0.3, 0.4) is 0 Å². The van der Waals surface area contributed by atoms with Gasteiger partial charge in [-0.05, 0) is 32.1 Å². The molecule has 0 bridgehead atoms. The predicted molar refractivity (Wildman–Crippen MR) is 79.7 cm³/mol. The number of thiazole rings is 1. The molecule has 8 heteroatoms. The highest BCUT2D eigenvalue weighted by molar-refractivity contribution is 7.90. The Balaban J connectivity index is 1.92. The Kier molecular flexibility index (Phi) is 4.77. The van der Waals surface area contributed by atoms with Gasteiger partial charge >= 0.3 is 0 Å². The van der Waals surface area contributed by atoms with Gasteiger partial charge in [0, 0.05) is 11.1 Å². The summed E-state index contributed by atoms with van der Waals surface area (Å²) < 4.78 is 22.1. The van der Waals surface area contributed by atoms with E-state index in [-0.39, 0.29) is 18.1 Å². The summed E-state index contributed by atoms with van der Waals surface area (Å²) in [5, 5.41) is 3.25. The minimum Gasteiger partial charge on any atom is -0.320 e. The van der Waals surface area contributed by atoms with Crippen molar-refractivity contribution in [2.75, 3.05) is 17.3 Å². The van der Waals surface area contributed by atoms with Gasteiger partial charge in [-0.3, -0.25) is 4.79 Å². The first kappa shape index (κ1) is 15.4. The zero-order valence-electron chi connectivity index (χ0n) is 11.4. The van der Waals surface area contributed by atoms with Crippen LogP contribution in [0, 0.1) is 0 Å². The summed E-state index contributed by atoms with van der Waals surface area (Å²) in [4.78, 5) is 17.5. The van der Waals surface area contributed by atoms with E-state index in [1.54, 1.807) is 0 Å². The van der Waals surface area contributed by atoms with Crippen LogP contribution >= 0.6 is 11.3 Å². The molecule has 1 aliphatic carbocycles. The number of hydrogen-bond donors (Lipinski definition) is 2. The Morgan fingerprint density at radius 3 is 2.80 bits per heavy atom. The quantitative estimate of drug-likeness (QED) is 0.833. The third-order valence-electron chi connectivity index (χ3n) is 3.21. The summed E-state index contributed by atoms with van der Waals surface area (Å²) in [5.41, 5.74) is 6.77. The van der Waals surface area contributed by atoms with Crippen LogP contribution in [0.4, 0.5) is 5.13 Å². The van der Waals surface area contributed by atoms with Gasteiger partial charge in [0.15, 0.2) is 5.13 Å². The van der Waals surface area contributed by atoms with Crippen LogP contribution in [0.15, 0.2) is 0 Å². The minimum absolute atomic E-state index is 0.0873. The lowest BCUT2D eigenvalue weighted by atomic mass is 10.0. The maximum absolute atomic E-state index is 11.9. The molecule has 3 N–H and O–H groups in total. The fourth-order valence-electron chi connectivity index (χ4n) is 2.08. The Morgan fingerprint density at radius 2 is 2.15 bits per heavy atom. The van der Waals surface area contributed by atoms with Gasteiger partial charge in [0.2, 0.25) is 5.91 Å². The van der Waals surface area contributed by atoms with Crippen molar-refractivity contribution in [1.82, 2.24) is 4.98 Å². The number of fused-ring (bicyclic) bond motifs is 1. The van der Waals surface area contributed by atoms with E-state index in [2.05, 4.69) is 10.3 Å². The molecule has 0 saturated carbocycles. The van der Waals surface area contributed by atoms with Crippen LogP contribution in [0.5, 0.6) is 0 Å². The Hall–Kier alpha value is -0.990. The second-order valence-electron chi connectivity index (χ2n) is 5.11. The monoisotopic (exact) mass is 317 g/mol. The molecule has 0 radical (unpaired) electrons. The molecule has 1 aromatic heterocycles. The second-order valence-corrected chi connectivity index (χ2v) is 8.45. The lowest BCUT2D eigenvalue weighted by Crippen LogP contribution is -2.37.